The lowest BCUT2D eigenvalue weighted by Crippen LogP contribution is -2.42. The van der Waals surface area contributed by atoms with Crippen molar-refractivity contribution in [2.75, 3.05) is 38.7 Å². The van der Waals surface area contributed by atoms with E-state index >= 15 is 0 Å². The van der Waals surface area contributed by atoms with Gasteiger partial charge in [-0.2, -0.15) is 5.10 Å². The summed E-state index contributed by atoms with van der Waals surface area (Å²) in [5, 5.41) is 12.0. The summed E-state index contributed by atoms with van der Waals surface area (Å²) in [5.41, 5.74) is 3.78. The first-order valence-electron chi connectivity index (χ1n) is 13.3. The molecule has 41 heavy (non-hydrogen) atoms. The third-order valence-electron chi connectivity index (χ3n) is 7.41. The van der Waals surface area contributed by atoms with Crippen LogP contribution in [0.5, 0.6) is 0 Å². The maximum absolute atomic E-state index is 14.2. The van der Waals surface area contributed by atoms with E-state index in [2.05, 4.69) is 15.5 Å². The highest BCUT2D eigenvalue weighted by Crippen LogP contribution is 2.31. The Morgan fingerprint density at radius 1 is 1.10 bits per heavy atom. The van der Waals surface area contributed by atoms with Crippen molar-refractivity contribution in [1.82, 2.24) is 24.6 Å². The van der Waals surface area contributed by atoms with Crippen LogP contribution in [0.25, 0.3) is 16.9 Å². The topological polar surface area (TPSA) is 76.3 Å². The number of benzene rings is 2. The van der Waals surface area contributed by atoms with E-state index in [4.69, 9.17) is 22.1 Å². The van der Waals surface area contributed by atoms with E-state index < -0.39 is 11.6 Å². The second-order valence-electron chi connectivity index (χ2n) is 10.2. The summed E-state index contributed by atoms with van der Waals surface area (Å²) >= 11 is 5.80. The summed E-state index contributed by atoms with van der Waals surface area (Å²) in [6, 6.07) is 16.9. The van der Waals surface area contributed by atoms with E-state index in [9.17, 15) is 13.6 Å². The molecular formula is C30H32F2N6O2S. The van der Waals surface area contributed by atoms with Crippen LogP contribution >= 0.6 is 12.2 Å². The van der Waals surface area contributed by atoms with E-state index in [1.165, 1.54) is 22.8 Å². The van der Waals surface area contributed by atoms with Gasteiger partial charge in [0.25, 0.3) is 0 Å². The summed E-state index contributed by atoms with van der Waals surface area (Å²) in [4.78, 5) is 14.2. The average Bonchev–Trinajstić information content (AvgIpc) is 3.51. The number of rotatable bonds is 8. The molecule has 1 aliphatic rings. The first-order chi connectivity index (χ1) is 19.7. The van der Waals surface area contributed by atoms with E-state index in [1.54, 1.807) is 37.2 Å². The summed E-state index contributed by atoms with van der Waals surface area (Å²) in [6.45, 7) is 4.51. The summed E-state index contributed by atoms with van der Waals surface area (Å²) in [5.74, 6) is -1.19. The molecule has 2 N–H and O–H groups in total. The van der Waals surface area contributed by atoms with Crippen LogP contribution in [0.1, 0.15) is 17.0 Å². The normalized spacial score (nSPS) is 17.1. The number of thiocarbonyl (C=S) groups is 1. The van der Waals surface area contributed by atoms with E-state index in [0.717, 1.165) is 16.8 Å². The molecule has 2 atom stereocenters. The lowest BCUT2D eigenvalue weighted by molar-refractivity contribution is 0.159. The minimum Gasteiger partial charge on any atom is -0.383 e. The molecule has 2 aromatic heterocycles. The first kappa shape index (κ1) is 28.6. The number of aromatic nitrogens is 3. The molecule has 1 saturated heterocycles. The van der Waals surface area contributed by atoms with Crippen LogP contribution in [0.15, 0.2) is 71.7 Å². The zero-order valence-corrected chi connectivity index (χ0v) is 23.9. The minimum absolute atomic E-state index is 0.107. The smallest absolute Gasteiger partial charge is 0.250 e. The van der Waals surface area contributed by atoms with Crippen molar-refractivity contribution < 1.29 is 13.5 Å². The molecule has 1 fully saturated rings. The zero-order valence-electron chi connectivity index (χ0n) is 23.1. The molecule has 4 aromatic rings. The van der Waals surface area contributed by atoms with Gasteiger partial charge in [-0.25, -0.2) is 13.5 Å². The number of halogens is 2. The third-order valence-corrected chi connectivity index (χ3v) is 7.63. The van der Waals surface area contributed by atoms with Crippen molar-refractivity contribution in [3.8, 4) is 16.9 Å². The molecule has 2 unspecified atom stereocenters. The number of hydrogen-bond donors (Lipinski definition) is 2. The number of nitrogens with one attached hydrogen (secondary N) is 2. The molecular weight excluding hydrogens is 546 g/mol. The molecule has 0 saturated carbocycles. The van der Waals surface area contributed by atoms with Crippen molar-refractivity contribution in [2.45, 2.75) is 18.9 Å². The van der Waals surface area contributed by atoms with Crippen molar-refractivity contribution in [3.63, 3.8) is 0 Å². The minimum atomic E-state index is -0.872. The number of pyridine rings is 1. The number of methoxy groups -OCH3 is 1. The van der Waals surface area contributed by atoms with Crippen LogP contribution in [-0.2, 0) is 11.8 Å². The number of para-hydroxylation sites is 1. The fourth-order valence-electron chi connectivity index (χ4n) is 5.23. The fourth-order valence-corrected chi connectivity index (χ4v) is 5.48. The van der Waals surface area contributed by atoms with Crippen LogP contribution in [0.4, 0.5) is 14.6 Å². The Balaban J connectivity index is 1.44. The highest BCUT2D eigenvalue weighted by molar-refractivity contribution is 7.80. The van der Waals surface area contributed by atoms with Crippen LogP contribution in [-0.4, -0.2) is 63.8 Å². The second kappa shape index (κ2) is 12.3. The largest absolute Gasteiger partial charge is 0.383 e. The van der Waals surface area contributed by atoms with Crippen molar-refractivity contribution in [1.29, 1.82) is 0 Å². The quantitative estimate of drug-likeness (QED) is 0.303. The average molecular weight is 579 g/mol. The standard InChI is InChI=1S/C30H32F2N6O2S/c1-19-28(21-10-12-27(39)36(2)16-21)35-38(22-7-5-4-6-8-22)29(19)34-30(41)33-26-18-37(13-14-40-3)17-23(26)20-9-11-24(31)25(32)15-20/h4-12,15-16,23,26H,13-14,17-18H2,1-3H3,(H2,33,34,41). The third kappa shape index (κ3) is 6.22. The zero-order chi connectivity index (χ0) is 29.1. The Morgan fingerprint density at radius 2 is 1.88 bits per heavy atom. The first-order valence-corrected chi connectivity index (χ1v) is 13.7. The maximum atomic E-state index is 14.2. The second-order valence-corrected chi connectivity index (χ2v) is 10.6. The Morgan fingerprint density at radius 3 is 2.59 bits per heavy atom. The monoisotopic (exact) mass is 578 g/mol. The summed E-state index contributed by atoms with van der Waals surface area (Å²) in [6.07, 6.45) is 1.76. The lowest BCUT2D eigenvalue weighted by Gasteiger charge is -2.23. The van der Waals surface area contributed by atoms with Crippen LogP contribution in [0, 0.1) is 18.6 Å². The molecule has 11 heteroatoms. The highest BCUT2D eigenvalue weighted by atomic mass is 32.1. The van der Waals surface area contributed by atoms with Gasteiger partial charge >= 0.3 is 0 Å². The Labute approximate surface area is 242 Å². The number of likely N-dealkylation sites (tertiary alicyclic amines) is 1. The van der Waals surface area contributed by atoms with Gasteiger partial charge in [0.05, 0.1) is 18.0 Å². The molecule has 0 amide bonds. The predicted octanol–water partition coefficient (Wildman–Crippen LogP) is 4.23. The van der Waals surface area contributed by atoms with E-state index in [-0.39, 0.29) is 17.5 Å². The van der Waals surface area contributed by atoms with Gasteiger partial charge in [-0.3, -0.25) is 9.69 Å². The maximum Gasteiger partial charge on any atom is 0.250 e. The van der Waals surface area contributed by atoms with Crippen molar-refractivity contribution in [3.05, 3.63) is 100.0 Å². The highest BCUT2D eigenvalue weighted by Gasteiger charge is 2.35. The Bertz CT molecular complexity index is 1610. The van der Waals surface area contributed by atoms with Gasteiger partial charge in [-0.1, -0.05) is 24.3 Å². The molecule has 2 aromatic carbocycles. The summed E-state index contributed by atoms with van der Waals surface area (Å²) in [7, 11) is 3.35. The van der Waals surface area contributed by atoms with Gasteiger partial charge in [0.15, 0.2) is 16.7 Å². The van der Waals surface area contributed by atoms with Gasteiger partial charge in [0.2, 0.25) is 5.56 Å². The van der Waals surface area contributed by atoms with Crippen LogP contribution < -0.4 is 16.2 Å². The number of aryl methyl sites for hydroxylation is 1. The molecule has 0 radical (unpaired) electrons. The Kier molecular flexibility index (Phi) is 8.57. The molecule has 0 bridgehead atoms. The van der Waals surface area contributed by atoms with Gasteiger partial charge in [0.1, 0.15) is 5.82 Å². The number of hydrogen-bond acceptors (Lipinski definition) is 5. The fraction of sp³-hybridized carbons (Fsp3) is 0.300. The van der Waals surface area contributed by atoms with Gasteiger partial charge < -0.3 is 19.9 Å². The van der Waals surface area contributed by atoms with Gasteiger partial charge in [-0.15, -0.1) is 0 Å². The van der Waals surface area contributed by atoms with Crippen LogP contribution in [0.3, 0.4) is 0 Å². The predicted molar refractivity (Wildman–Crippen MR) is 160 cm³/mol. The molecule has 1 aliphatic heterocycles. The van der Waals surface area contributed by atoms with Crippen molar-refractivity contribution in [2.24, 2.45) is 7.05 Å². The van der Waals surface area contributed by atoms with Gasteiger partial charge in [-0.05, 0) is 55.0 Å². The molecule has 214 valence electrons. The van der Waals surface area contributed by atoms with Crippen molar-refractivity contribution >= 4 is 23.1 Å². The number of ether oxygens (including phenoxy) is 1. The molecule has 5 rings (SSSR count). The van der Waals surface area contributed by atoms with E-state index in [0.29, 0.717) is 48.4 Å². The lowest BCUT2D eigenvalue weighted by atomic mass is 9.94. The Hall–Kier alpha value is -3.93. The number of anilines is 1. The SMILES string of the molecule is COCCN1CC(NC(=S)Nc2c(C)c(-c3ccc(=O)n(C)c3)nn2-c2ccccc2)C(c2ccc(F)c(F)c2)C1. The van der Waals surface area contributed by atoms with Gasteiger partial charge in [0, 0.05) is 69.1 Å². The molecule has 0 aliphatic carbocycles. The summed E-state index contributed by atoms with van der Waals surface area (Å²) < 4.78 is 36.4. The molecule has 0 spiro atoms. The molecule has 3 heterocycles. The molecule has 8 nitrogen and oxygen atoms in total. The number of nitrogens with zero attached hydrogens (tertiary/aromatic N) is 4. The van der Waals surface area contributed by atoms with E-state index in [1.807, 2.05) is 37.3 Å². The van der Waals surface area contributed by atoms with Crippen LogP contribution in [0.2, 0.25) is 0 Å².